The Morgan fingerprint density at radius 1 is 1.39 bits per heavy atom. The molecule has 0 spiro atoms. The number of allylic oxidation sites excluding steroid dienone is 3. The average Bonchev–Trinajstić information content (AvgIpc) is 2.85. The van der Waals surface area contributed by atoms with Gasteiger partial charge in [0.2, 0.25) is 0 Å². The molecule has 3 nitrogen and oxygen atoms in total. The molecule has 0 saturated carbocycles. The lowest BCUT2D eigenvalue weighted by atomic mass is 10.4. The Hall–Kier alpha value is -0.290. The van der Waals surface area contributed by atoms with Gasteiger partial charge in [0, 0.05) is 23.9 Å². The summed E-state index contributed by atoms with van der Waals surface area (Å²) in [6.07, 6.45) is 8.58. The van der Waals surface area contributed by atoms with Crippen molar-refractivity contribution in [2.75, 3.05) is 25.6 Å². The van der Waals surface area contributed by atoms with Crippen molar-refractivity contribution in [2.24, 2.45) is 0 Å². The summed E-state index contributed by atoms with van der Waals surface area (Å²) < 4.78 is 11.3. The van der Waals surface area contributed by atoms with Crippen molar-refractivity contribution in [1.82, 2.24) is 0 Å². The van der Waals surface area contributed by atoms with E-state index in [1.807, 2.05) is 25.6 Å². The summed E-state index contributed by atoms with van der Waals surface area (Å²) in [5.41, 5.74) is 0. The van der Waals surface area contributed by atoms with Gasteiger partial charge >= 0.3 is 0 Å². The highest BCUT2D eigenvalue weighted by molar-refractivity contribution is 8.03. The molecule has 0 aromatic rings. The number of hydrogen-bond acceptors (Lipinski definition) is 4. The molecule has 0 bridgehead atoms. The highest BCUT2D eigenvalue weighted by Crippen LogP contribution is 2.23. The maximum absolute atomic E-state index is 8.77. The van der Waals surface area contributed by atoms with Crippen molar-refractivity contribution in [3.8, 4) is 0 Å². The largest absolute Gasteiger partial charge is 0.396 e. The van der Waals surface area contributed by atoms with Crippen molar-refractivity contribution in [3.05, 3.63) is 23.1 Å². The zero-order valence-electron chi connectivity index (χ0n) is 11.3. The number of ether oxygens (including phenoxy) is 2. The maximum Gasteiger partial charge on any atom is 0.0902 e. The second-order valence-electron chi connectivity index (χ2n) is 4.51. The van der Waals surface area contributed by atoms with E-state index in [0.29, 0.717) is 19.6 Å². The zero-order chi connectivity index (χ0) is 13.2. The van der Waals surface area contributed by atoms with Crippen LogP contribution in [0.4, 0.5) is 0 Å². The molecule has 0 aliphatic heterocycles. The van der Waals surface area contributed by atoms with Crippen molar-refractivity contribution in [2.45, 2.75) is 38.9 Å². The monoisotopic (exact) mass is 272 g/mol. The third-order valence-electron chi connectivity index (χ3n) is 2.44. The summed E-state index contributed by atoms with van der Waals surface area (Å²) in [6.45, 7) is 5.45. The molecule has 4 heteroatoms. The third kappa shape index (κ3) is 7.21. The Labute approximate surface area is 114 Å². The van der Waals surface area contributed by atoms with Gasteiger partial charge in [0.25, 0.3) is 0 Å². The third-order valence-corrected chi connectivity index (χ3v) is 3.62. The minimum Gasteiger partial charge on any atom is -0.396 e. The summed E-state index contributed by atoms with van der Waals surface area (Å²) in [5.74, 6) is 0.897. The summed E-state index contributed by atoms with van der Waals surface area (Å²) in [4.78, 5) is 1.32. The number of rotatable bonds is 10. The molecule has 0 heterocycles. The van der Waals surface area contributed by atoms with Crippen LogP contribution >= 0.6 is 11.8 Å². The van der Waals surface area contributed by atoms with E-state index in [4.69, 9.17) is 14.6 Å². The summed E-state index contributed by atoms with van der Waals surface area (Å²) in [5, 5.41) is 8.77. The van der Waals surface area contributed by atoms with Crippen LogP contribution in [0.3, 0.4) is 0 Å². The van der Waals surface area contributed by atoms with Gasteiger partial charge < -0.3 is 14.6 Å². The van der Waals surface area contributed by atoms with Gasteiger partial charge in [-0.2, -0.15) is 0 Å². The molecule has 0 fully saturated rings. The van der Waals surface area contributed by atoms with Crippen LogP contribution in [0.15, 0.2) is 23.1 Å². The van der Waals surface area contributed by atoms with Gasteiger partial charge in [0.05, 0.1) is 18.8 Å². The molecule has 0 aromatic carbocycles. The molecule has 1 unspecified atom stereocenters. The molecule has 1 atom stereocenters. The van der Waals surface area contributed by atoms with Crippen LogP contribution in [0.5, 0.6) is 0 Å². The molecular weight excluding hydrogens is 248 g/mol. The first-order chi connectivity index (χ1) is 8.72. The molecule has 0 amide bonds. The van der Waals surface area contributed by atoms with Crippen LogP contribution < -0.4 is 0 Å². The lowest BCUT2D eigenvalue weighted by molar-refractivity contribution is -0.0270. The Kier molecular flexibility index (Phi) is 8.42. The first-order valence-corrected chi connectivity index (χ1v) is 7.54. The number of hydrogen-bond donors (Lipinski definition) is 1. The van der Waals surface area contributed by atoms with Crippen LogP contribution in [0.1, 0.15) is 26.7 Å². The Morgan fingerprint density at radius 3 is 2.83 bits per heavy atom. The molecule has 18 heavy (non-hydrogen) atoms. The van der Waals surface area contributed by atoms with Gasteiger partial charge in [-0.05, 0) is 26.7 Å². The summed E-state index contributed by atoms with van der Waals surface area (Å²) in [6, 6.07) is 0. The van der Waals surface area contributed by atoms with Crippen LogP contribution in [-0.4, -0.2) is 42.9 Å². The zero-order valence-corrected chi connectivity index (χ0v) is 12.1. The number of aliphatic hydroxyl groups is 1. The van der Waals surface area contributed by atoms with E-state index in [1.165, 1.54) is 4.91 Å². The van der Waals surface area contributed by atoms with E-state index in [9.17, 15) is 0 Å². The van der Waals surface area contributed by atoms with E-state index in [-0.39, 0.29) is 18.8 Å². The van der Waals surface area contributed by atoms with E-state index >= 15 is 0 Å². The predicted octanol–water partition coefficient (Wildman–Crippen LogP) is 2.76. The fourth-order valence-corrected chi connectivity index (χ4v) is 2.47. The van der Waals surface area contributed by atoms with Crippen molar-refractivity contribution in [3.63, 3.8) is 0 Å². The van der Waals surface area contributed by atoms with Gasteiger partial charge in [-0.15, -0.1) is 11.8 Å². The lowest BCUT2D eigenvalue weighted by Crippen LogP contribution is -2.25. The Morgan fingerprint density at radius 2 is 2.22 bits per heavy atom. The topological polar surface area (TPSA) is 38.7 Å². The standard InChI is InChI=1S/C14H24O3S/c1-12(2)17-10-13(16-9-5-8-15)11-18-14-6-3-4-7-14/h3,6-7,12-13,15H,4-5,8-11H2,1-2H3. The fourth-order valence-electron chi connectivity index (χ4n) is 1.49. The van der Waals surface area contributed by atoms with E-state index < -0.39 is 0 Å². The molecule has 0 aromatic heterocycles. The second-order valence-corrected chi connectivity index (χ2v) is 5.60. The van der Waals surface area contributed by atoms with Gasteiger partial charge in [-0.25, -0.2) is 0 Å². The first kappa shape index (κ1) is 15.8. The molecule has 1 aliphatic carbocycles. The molecule has 1 aliphatic rings. The fraction of sp³-hybridized carbons (Fsp3) is 0.714. The minimum absolute atomic E-state index is 0.0962. The molecule has 1 rings (SSSR count). The van der Waals surface area contributed by atoms with Crippen LogP contribution in [0, 0.1) is 0 Å². The van der Waals surface area contributed by atoms with E-state index in [2.05, 4.69) is 18.2 Å². The van der Waals surface area contributed by atoms with Crippen molar-refractivity contribution < 1.29 is 14.6 Å². The van der Waals surface area contributed by atoms with Crippen molar-refractivity contribution >= 4 is 11.8 Å². The second kappa shape index (κ2) is 9.62. The molecule has 1 N–H and O–H groups in total. The first-order valence-electron chi connectivity index (χ1n) is 6.56. The van der Waals surface area contributed by atoms with Gasteiger partial charge in [0.1, 0.15) is 0 Å². The number of aliphatic hydroxyl groups excluding tert-OH is 1. The summed E-state index contributed by atoms with van der Waals surface area (Å²) in [7, 11) is 0. The van der Waals surface area contributed by atoms with E-state index in [0.717, 1.165) is 12.2 Å². The van der Waals surface area contributed by atoms with Gasteiger partial charge in [-0.1, -0.05) is 18.2 Å². The highest BCUT2D eigenvalue weighted by atomic mass is 32.2. The number of thioether (sulfide) groups is 1. The maximum atomic E-state index is 8.77. The Balaban J connectivity index is 2.25. The van der Waals surface area contributed by atoms with Crippen LogP contribution in [0.2, 0.25) is 0 Å². The average molecular weight is 272 g/mol. The summed E-state index contributed by atoms with van der Waals surface area (Å²) >= 11 is 1.81. The normalized spacial score (nSPS) is 16.3. The predicted molar refractivity (Wildman–Crippen MR) is 76.8 cm³/mol. The SMILES string of the molecule is CC(C)OCC(CSC1=CCC=C1)OCCCO. The highest BCUT2D eigenvalue weighted by Gasteiger charge is 2.12. The molecule has 104 valence electrons. The Bertz CT molecular complexity index is 274. The van der Waals surface area contributed by atoms with Crippen LogP contribution in [0.25, 0.3) is 0 Å². The molecular formula is C14H24O3S. The van der Waals surface area contributed by atoms with Crippen LogP contribution in [-0.2, 0) is 9.47 Å². The molecule has 0 radical (unpaired) electrons. The minimum atomic E-state index is 0.0962. The van der Waals surface area contributed by atoms with Gasteiger partial charge in [0.15, 0.2) is 0 Å². The lowest BCUT2D eigenvalue weighted by Gasteiger charge is -2.19. The van der Waals surface area contributed by atoms with Gasteiger partial charge in [-0.3, -0.25) is 0 Å². The van der Waals surface area contributed by atoms with E-state index in [1.54, 1.807) is 0 Å². The molecule has 0 saturated heterocycles. The van der Waals surface area contributed by atoms with Crippen molar-refractivity contribution in [1.29, 1.82) is 0 Å². The smallest absolute Gasteiger partial charge is 0.0902 e. The quantitative estimate of drug-likeness (QED) is 0.621.